The summed E-state index contributed by atoms with van der Waals surface area (Å²) in [5, 5.41) is 23.2. The van der Waals surface area contributed by atoms with Crippen LogP contribution in [0.15, 0.2) is 24.3 Å². The number of amides is 1. The first-order valence-corrected chi connectivity index (χ1v) is 30.1. The van der Waals surface area contributed by atoms with Gasteiger partial charge in [0.2, 0.25) is 5.91 Å². The summed E-state index contributed by atoms with van der Waals surface area (Å²) in [6, 6.07) is -0.543. The molecule has 0 aromatic heterocycles. The number of esters is 1. The van der Waals surface area contributed by atoms with Gasteiger partial charge in [-0.2, -0.15) is 0 Å². The normalized spacial score (nSPS) is 12.7. The molecule has 0 rings (SSSR count). The Bertz CT molecular complexity index is 1040. The third kappa shape index (κ3) is 53.5. The van der Waals surface area contributed by atoms with Crippen LogP contribution in [0, 0.1) is 0 Å². The highest BCUT2D eigenvalue weighted by molar-refractivity contribution is 5.76. The van der Waals surface area contributed by atoms with E-state index in [4.69, 9.17) is 4.74 Å². The van der Waals surface area contributed by atoms with Crippen molar-refractivity contribution >= 4 is 11.9 Å². The third-order valence-electron chi connectivity index (χ3n) is 14.0. The maximum Gasteiger partial charge on any atom is 0.305 e. The minimum absolute atomic E-state index is 0.00471. The quantitative estimate of drug-likeness (QED) is 0.0321. The summed E-state index contributed by atoms with van der Waals surface area (Å²) < 4.78 is 5.48. The van der Waals surface area contributed by atoms with Crippen molar-refractivity contribution in [3.8, 4) is 0 Å². The van der Waals surface area contributed by atoms with Crippen molar-refractivity contribution in [1.82, 2.24) is 5.32 Å². The largest absolute Gasteiger partial charge is 0.466 e. The van der Waals surface area contributed by atoms with E-state index in [1.807, 2.05) is 0 Å². The van der Waals surface area contributed by atoms with E-state index in [1.165, 1.54) is 250 Å². The number of ether oxygens (including phenoxy) is 1. The van der Waals surface area contributed by atoms with Crippen LogP contribution in [0.5, 0.6) is 0 Å². The van der Waals surface area contributed by atoms with Crippen molar-refractivity contribution in [1.29, 1.82) is 0 Å². The molecule has 67 heavy (non-hydrogen) atoms. The molecule has 0 aromatic carbocycles. The molecule has 0 aromatic rings. The van der Waals surface area contributed by atoms with Crippen molar-refractivity contribution in [3.63, 3.8) is 0 Å². The van der Waals surface area contributed by atoms with Gasteiger partial charge in [-0.05, 0) is 77.0 Å². The second-order valence-electron chi connectivity index (χ2n) is 20.7. The zero-order valence-corrected chi connectivity index (χ0v) is 45.1. The van der Waals surface area contributed by atoms with E-state index in [1.54, 1.807) is 0 Å². The predicted molar refractivity (Wildman–Crippen MR) is 292 cm³/mol. The standard InChI is InChI=1S/C61H117NO5/c1-3-5-7-9-11-13-15-16-27-31-35-39-43-47-51-55-61(66)67-56-52-48-44-40-36-32-29-26-24-22-20-18-17-19-21-23-25-28-30-34-38-42-46-50-54-60(65)62-58(57-63)59(64)53-49-45-41-37-33-14-12-10-8-6-4-2/h16,19,21,27,58-59,63-64H,3-15,17-18,20,22-26,28-57H2,1-2H3,(H,62,65)/b21-19-,27-16-. The summed E-state index contributed by atoms with van der Waals surface area (Å²) in [4.78, 5) is 24.5. The molecule has 6 nitrogen and oxygen atoms in total. The molecule has 0 heterocycles. The summed E-state index contributed by atoms with van der Waals surface area (Å²) in [7, 11) is 0. The molecular weight excluding hydrogens is 827 g/mol. The lowest BCUT2D eigenvalue weighted by molar-refractivity contribution is -0.143. The molecule has 0 spiro atoms. The molecular formula is C61H117NO5. The van der Waals surface area contributed by atoms with E-state index in [2.05, 4.69) is 43.5 Å². The van der Waals surface area contributed by atoms with Crippen molar-refractivity contribution < 1.29 is 24.5 Å². The Morgan fingerprint density at radius 3 is 1.06 bits per heavy atom. The molecule has 0 saturated carbocycles. The fourth-order valence-corrected chi connectivity index (χ4v) is 9.34. The van der Waals surface area contributed by atoms with E-state index in [9.17, 15) is 19.8 Å². The van der Waals surface area contributed by atoms with Crippen LogP contribution in [-0.2, 0) is 14.3 Å². The van der Waals surface area contributed by atoms with Crippen LogP contribution in [-0.4, -0.2) is 47.4 Å². The fraction of sp³-hybridized carbons (Fsp3) is 0.902. The highest BCUT2D eigenvalue weighted by Crippen LogP contribution is 2.17. The van der Waals surface area contributed by atoms with Crippen LogP contribution >= 0.6 is 0 Å². The second-order valence-corrected chi connectivity index (χ2v) is 20.7. The average molecular weight is 945 g/mol. The van der Waals surface area contributed by atoms with Gasteiger partial charge < -0.3 is 20.3 Å². The molecule has 3 N–H and O–H groups in total. The number of carbonyl (C=O) groups is 2. The lowest BCUT2D eigenvalue weighted by Crippen LogP contribution is -2.45. The Labute approximate surface area is 418 Å². The maximum atomic E-state index is 12.4. The fourth-order valence-electron chi connectivity index (χ4n) is 9.34. The number of aliphatic hydroxyl groups is 2. The predicted octanol–water partition coefficient (Wildman–Crippen LogP) is 18.6. The number of nitrogens with one attached hydrogen (secondary N) is 1. The summed E-state index contributed by atoms with van der Waals surface area (Å²) in [6.07, 6.45) is 69.0. The molecule has 0 radical (unpaired) electrons. The molecule has 0 aliphatic rings. The number of hydrogen-bond acceptors (Lipinski definition) is 5. The Kier molecular flexibility index (Phi) is 55.5. The van der Waals surface area contributed by atoms with Crippen LogP contribution in [0.2, 0.25) is 0 Å². The Hall–Kier alpha value is -1.66. The molecule has 0 bridgehead atoms. The van der Waals surface area contributed by atoms with Gasteiger partial charge in [0.25, 0.3) is 0 Å². The van der Waals surface area contributed by atoms with E-state index in [0.717, 1.165) is 44.9 Å². The van der Waals surface area contributed by atoms with Gasteiger partial charge in [0.1, 0.15) is 0 Å². The van der Waals surface area contributed by atoms with Crippen molar-refractivity contribution in [3.05, 3.63) is 24.3 Å². The van der Waals surface area contributed by atoms with Gasteiger partial charge in [0.05, 0.1) is 25.4 Å². The van der Waals surface area contributed by atoms with E-state index >= 15 is 0 Å². The molecule has 6 heteroatoms. The molecule has 1 amide bonds. The van der Waals surface area contributed by atoms with Gasteiger partial charge in [0, 0.05) is 12.8 Å². The molecule has 0 saturated heterocycles. The number of hydrogen-bond donors (Lipinski definition) is 3. The Morgan fingerprint density at radius 1 is 0.403 bits per heavy atom. The smallest absolute Gasteiger partial charge is 0.305 e. The van der Waals surface area contributed by atoms with Crippen LogP contribution in [0.25, 0.3) is 0 Å². The zero-order chi connectivity index (χ0) is 48.6. The van der Waals surface area contributed by atoms with Gasteiger partial charge >= 0.3 is 5.97 Å². The first-order valence-electron chi connectivity index (χ1n) is 30.1. The molecule has 0 aliphatic heterocycles. The zero-order valence-electron chi connectivity index (χ0n) is 45.1. The van der Waals surface area contributed by atoms with Crippen molar-refractivity contribution in [2.24, 2.45) is 0 Å². The minimum Gasteiger partial charge on any atom is -0.466 e. The van der Waals surface area contributed by atoms with Gasteiger partial charge in [-0.25, -0.2) is 0 Å². The molecule has 2 atom stereocenters. The van der Waals surface area contributed by atoms with Gasteiger partial charge in [-0.15, -0.1) is 0 Å². The number of aliphatic hydroxyl groups excluding tert-OH is 2. The Balaban J connectivity index is 3.38. The molecule has 2 unspecified atom stereocenters. The lowest BCUT2D eigenvalue weighted by Gasteiger charge is -2.22. The number of allylic oxidation sites excluding steroid dienone is 4. The Morgan fingerprint density at radius 2 is 0.701 bits per heavy atom. The number of carbonyl (C=O) groups excluding carboxylic acids is 2. The van der Waals surface area contributed by atoms with Gasteiger partial charge in [0.15, 0.2) is 0 Å². The molecule has 396 valence electrons. The SMILES string of the molecule is CCCCCCCC/C=C\CCCCCCCC(=O)OCCCCCCCCCCCCCC/C=C\CCCCCCCCCCC(=O)NC(CO)C(O)CCCCCCCCCCCCC. The van der Waals surface area contributed by atoms with Gasteiger partial charge in [-0.1, -0.05) is 263 Å². The summed E-state index contributed by atoms with van der Waals surface area (Å²) >= 11 is 0. The minimum atomic E-state index is -0.665. The van der Waals surface area contributed by atoms with E-state index < -0.39 is 12.1 Å². The first-order chi connectivity index (χ1) is 33.0. The van der Waals surface area contributed by atoms with E-state index in [-0.39, 0.29) is 18.5 Å². The lowest BCUT2D eigenvalue weighted by atomic mass is 10.0. The average Bonchev–Trinajstić information content (AvgIpc) is 3.33. The monoisotopic (exact) mass is 944 g/mol. The van der Waals surface area contributed by atoms with Crippen LogP contribution in [0.3, 0.4) is 0 Å². The van der Waals surface area contributed by atoms with Crippen LogP contribution in [0.4, 0.5) is 0 Å². The maximum absolute atomic E-state index is 12.4. The third-order valence-corrected chi connectivity index (χ3v) is 14.0. The topological polar surface area (TPSA) is 95.9 Å². The van der Waals surface area contributed by atoms with Crippen molar-refractivity contribution in [2.75, 3.05) is 13.2 Å². The van der Waals surface area contributed by atoms with Crippen LogP contribution in [0.1, 0.15) is 328 Å². The molecule has 0 fully saturated rings. The van der Waals surface area contributed by atoms with E-state index in [0.29, 0.717) is 25.9 Å². The summed E-state index contributed by atoms with van der Waals surface area (Å²) in [6.45, 7) is 4.94. The number of unbranched alkanes of at least 4 members (excludes halogenated alkanes) is 41. The second kappa shape index (κ2) is 56.9. The first kappa shape index (κ1) is 65.3. The van der Waals surface area contributed by atoms with Crippen LogP contribution < -0.4 is 5.32 Å². The summed E-state index contributed by atoms with van der Waals surface area (Å²) in [5.74, 6) is -0.0352. The number of rotatable bonds is 56. The summed E-state index contributed by atoms with van der Waals surface area (Å²) in [5.41, 5.74) is 0. The highest BCUT2D eigenvalue weighted by Gasteiger charge is 2.20. The molecule has 0 aliphatic carbocycles. The highest BCUT2D eigenvalue weighted by atomic mass is 16.5. The van der Waals surface area contributed by atoms with Crippen molar-refractivity contribution in [2.45, 2.75) is 341 Å². The van der Waals surface area contributed by atoms with Gasteiger partial charge in [-0.3, -0.25) is 9.59 Å².